The number of nitrogens with one attached hydrogen (secondary N) is 1. The molecule has 272 valence electrons. The maximum Gasteiger partial charge on any atom is 0.408 e. The van der Waals surface area contributed by atoms with Gasteiger partial charge in [0.25, 0.3) is 0 Å². The van der Waals surface area contributed by atoms with E-state index in [0.717, 1.165) is 66.7 Å². The molecule has 0 heterocycles. The fraction of sp³-hybridized carbons (Fsp3) is 0.422. The van der Waals surface area contributed by atoms with Gasteiger partial charge in [-0.25, -0.2) is 9.59 Å². The fourth-order valence-electron chi connectivity index (χ4n) is 9.49. The minimum atomic E-state index is -0.866. The van der Waals surface area contributed by atoms with Crippen LogP contribution in [0.2, 0.25) is 0 Å². The van der Waals surface area contributed by atoms with Gasteiger partial charge < -0.3 is 24.3 Å². The standard InChI is InChI=1S/C45H51NO6/c1-4-33-25-38-36-21-20-34-26-41(50-28-31-16-10-6-11-17-31)40(49-3)27-37(34)35(36)22-23-45(38,2)42(33)52-43(47)39(24-30-14-8-5-9-15-30)46-44(48)51-29-32-18-12-7-13-19-32/h5-19,26-27,33,35-36,38-39,42H,4,20-25,28-29H2,1-3H3,(H,46,48)/t33-,35+,36-,38+,39+,42+,45+/m1/s1. The molecule has 2 saturated carbocycles. The number of carbonyl (C=O) groups excluding carboxylic acids is 2. The van der Waals surface area contributed by atoms with Crippen LogP contribution < -0.4 is 14.8 Å². The summed E-state index contributed by atoms with van der Waals surface area (Å²) in [5, 5.41) is 2.86. The van der Waals surface area contributed by atoms with Crippen LogP contribution in [0, 0.1) is 23.2 Å². The summed E-state index contributed by atoms with van der Waals surface area (Å²) in [6.07, 6.45) is 5.53. The number of ether oxygens (including phenoxy) is 4. The Kier molecular flexibility index (Phi) is 10.9. The van der Waals surface area contributed by atoms with Crippen molar-refractivity contribution in [3.63, 3.8) is 0 Å². The van der Waals surface area contributed by atoms with E-state index in [0.29, 0.717) is 30.8 Å². The molecular formula is C45H51NO6. The highest BCUT2D eigenvalue weighted by atomic mass is 16.6. The van der Waals surface area contributed by atoms with Crippen LogP contribution in [-0.4, -0.2) is 31.3 Å². The number of hydrogen-bond acceptors (Lipinski definition) is 6. The summed E-state index contributed by atoms with van der Waals surface area (Å²) >= 11 is 0. The van der Waals surface area contributed by atoms with Crippen LogP contribution in [0.1, 0.15) is 79.7 Å². The number of fused-ring (bicyclic) bond motifs is 5. The Hall–Kier alpha value is -4.78. The summed E-state index contributed by atoms with van der Waals surface area (Å²) in [5.41, 5.74) is 5.55. The Morgan fingerprint density at radius 2 is 1.50 bits per heavy atom. The molecule has 7 atom stereocenters. The van der Waals surface area contributed by atoms with Crippen molar-refractivity contribution in [1.29, 1.82) is 0 Å². The highest BCUT2D eigenvalue weighted by molar-refractivity contribution is 5.82. The van der Waals surface area contributed by atoms with Crippen molar-refractivity contribution < 1.29 is 28.5 Å². The molecule has 7 heteroatoms. The second-order valence-electron chi connectivity index (χ2n) is 15.1. The van der Waals surface area contributed by atoms with Gasteiger partial charge in [-0.05, 0) is 102 Å². The maximum absolute atomic E-state index is 14.2. The second kappa shape index (κ2) is 15.9. The highest BCUT2D eigenvalue weighted by Crippen LogP contribution is 2.64. The van der Waals surface area contributed by atoms with Crippen molar-refractivity contribution >= 4 is 12.1 Å². The van der Waals surface area contributed by atoms with Gasteiger partial charge in [0.05, 0.1) is 7.11 Å². The topological polar surface area (TPSA) is 83.1 Å². The summed E-state index contributed by atoms with van der Waals surface area (Å²) < 4.78 is 24.3. The first kappa shape index (κ1) is 35.6. The summed E-state index contributed by atoms with van der Waals surface area (Å²) in [7, 11) is 1.72. The molecule has 0 spiro atoms. The Morgan fingerprint density at radius 1 is 0.846 bits per heavy atom. The van der Waals surface area contributed by atoms with Crippen LogP contribution in [0.4, 0.5) is 4.79 Å². The number of hydrogen-bond donors (Lipinski definition) is 1. The predicted octanol–water partition coefficient (Wildman–Crippen LogP) is 9.22. The first-order chi connectivity index (χ1) is 25.4. The van der Waals surface area contributed by atoms with E-state index < -0.39 is 18.1 Å². The van der Waals surface area contributed by atoms with E-state index in [1.807, 2.05) is 78.9 Å². The Balaban J connectivity index is 1.07. The molecule has 0 unspecified atom stereocenters. The molecule has 0 radical (unpaired) electrons. The molecule has 0 aliphatic heterocycles. The zero-order valence-electron chi connectivity index (χ0n) is 30.6. The molecule has 0 aromatic heterocycles. The minimum absolute atomic E-state index is 0.125. The van der Waals surface area contributed by atoms with E-state index >= 15 is 0 Å². The lowest BCUT2D eigenvalue weighted by atomic mass is 9.55. The molecular weight excluding hydrogens is 650 g/mol. The summed E-state index contributed by atoms with van der Waals surface area (Å²) in [5.74, 6) is 2.80. The molecule has 3 aliphatic carbocycles. The zero-order chi connectivity index (χ0) is 36.1. The van der Waals surface area contributed by atoms with Crippen LogP contribution in [0.25, 0.3) is 0 Å². The zero-order valence-corrected chi connectivity index (χ0v) is 30.6. The molecule has 1 N–H and O–H groups in total. The molecule has 4 aromatic rings. The van der Waals surface area contributed by atoms with Crippen LogP contribution in [0.15, 0.2) is 103 Å². The lowest BCUT2D eigenvalue weighted by Crippen LogP contribution is -2.49. The number of aryl methyl sites for hydroxylation is 1. The first-order valence-corrected chi connectivity index (χ1v) is 19.0. The van der Waals surface area contributed by atoms with Gasteiger partial charge >= 0.3 is 12.1 Å². The number of rotatable bonds is 12. The van der Waals surface area contributed by atoms with Gasteiger partial charge in [0, 0.05) is 11.8 Å². The molecule has 0 bridgehead atoms. The normalized spacial score (nSPS) is 25.1. The lowest BCUT2D eigenvalue weighted by molar-refractivity contribution is -0.163. The number of carbonyl (C=O) groups is 2. The van der Waals surface area contributed by atoms with Crippen molar-refractivity contribution in [2.75, 3.05) is 7.11 Å². The number of amides is 1. The summed E-state index contributed by atoms with van der Waals surface area (Å²) in [4.78, 5) is 27.2. The number of alkyl carbamates (subject to hydrolysis) is 1. The van der Waals surface area contributed by atoms with Crippen molar-refractivity contribution in [3.05, 3.63) is 131 Å². The Morgan fingerprint density at radius 3 is 2.15 bits per heavy atom. The number of methoxy groups -OCH3 is 1. The van der Waals surface area contributed by atoms with Crippen LogP contribution >= 0.6 is 0 Å². The van der Waals surface area contributed by atoms with Gasteiger partial charge in [-0.2, -0.15) is 0 Å². The van der Waals surface area contributed by atoms with Gasteiger partial charge in [0.1, 0.15) is 25.4 Å². The molecule has 1 amide bonds. The molecule has 4 aromatic carbocycles. The van der Waals surface area contributed by atoms with E-state index in [4.69, 9.17) is 18.9 Å². The van der Waals surface area contributed by atoms with Gasteiger partial charge in [-0.3, -0.25) is 0 Å². The quantitative estimate of drug-likeness (QED) is 0.148. The minimum Gasteiger partial charge on any atom is -0.493 e. The first-order valence-electron chi connectivity index (χ1n) is 19.0. The van der Waals surface area contributed by atoms with E-state index in [-0.39, 0.29) is 24.0 Å². The predicted molar refractivity (Wildman–Crippen MR) is 201 cm³/mol. The molecule has 7 nitrogen and oxygen atoms in total. The van der Waals surface area contributed by atoms with Crippen LogP contribution in [0.5, 0.6) is 11.5 Å². The molecule has 3 aliphatic rings. The Bertz CT molecular complexity index is 1810. The SMILES string of the molecule is CC[C@@H]1C[C@H]2[C@@H]3CCc4cc(OCc5ccccc5)c(OC)cc4[C@H]3CC[C@]2(C)[C@H]1OC(=O)[C@H](Cc1ccccc1)NC(=O)OCc1ccccc1. The lowest BCUT2D eigenvalue weighted by Gasteiger charge is -2.50. The van der Waals surface area contributed by atoms with Crippen LogP contribution in [-0.2, 0) is 40.3 Å². The van der Waals surface area contributed by atoms with Crippen molar-refractivity contribution in [3.8, 4) is 11.5 Å². The monoisotopic (exact) mass is 701 g/mol. The van der Waals surface area contributed by atoms with E-state index in [9.17, 15) is 9.59 Å². The van der Waals surface area contributed by atoms with Crippen molar-refractivity contribution in [1.82, 2.24) is 5.32 Å². The average molecular weight is 702 g/mol. The fourth-order valence-corrected chi connectivity index (χ4v) is 9.49. The summed E-state index contributed by atoms with van der Waals surface area (Å²) in [6, 6.07) is 33.1. The smallest absolute Gasteiger partial charge is 0.408 e. The molecule has 2 fully saturated rings. The Labute approximate surface area is 308 Å². The highest BCUT2D eigenvalue weighted by Gasteiger charge is 2.59. The van der Waals surface area contributed by atoms with Crippen LogP contribution in [0.3, 0.4) is 0 Å². The summed E-state index contributed by atoms with van der Waals surface area (Å²) in [6.45, 7) is 5.19. The van der Waals surface area contributed by atoms with Gasteiger partial charge in [-0.1, -0.05) is 105 Å². The maximum atomic E-state index is 14.2. The third-order valence-corrected chi connectivity index (χ3v) is 12.2. The second-order valence-corrected chi connectivity index (χ2v) is 15.1. The van der Waals surface area contributed by atoms with Gasteiger partial charge in [-0.15, -0.1) is 0 Å². The molecule has 52 heavy (non-hydrogen) atoms. The molecule has 7 rings (SSSR count). The van der Waals surface area contributed by atoms with Gasteiger partial charge in [0.2, 0.25) is 0 Å². The number of benzene rings is 4. The largest absolute Gasteiger partial charge is 0.493 e. The van der Waals surface area contributed by atoms with E-state index in [2.05, 4.69) is 43.4 Å². The third kappa shape index (κ3) is 7.55. The van der Waals surface area contributed by atoms with Crippen molar-refractivity contribution in [2.24, 2.45) is 23.2 Å². The van der Waals surface area contributed by atoms with E-state index in [1.165, 1.54) is 11.1 Å². The molecule has 0 saturated heterocycles. The van der Waals surface area contributed by atoms with Crippen molar-refractivity contribution in [2.45, 2.75) is 90.1 Å². The van der Waals surface area contributed by atoms with E-state index in [1.54, 1.807) is 7.11 Å². The number of esters is 1. The third-order valence-electron chi connectivity index (χ3n) is 12.2. The average Bonchev–Trinajstić information content (AvgIpc) is 3.47. The van der Waals surface area contributed by atoms with Gasteiger partial charge in [0.15, 0.2) is 11.5 Å².